The fourth-order valence-corrected chi connectivity index (χ4v) is 2.64. The van der Waals surface area contributed by atoms with E-state index in [0.717, 1.165) is 29.8 Å². The van der Waals surface area contributed by atoms with E-state index >= 15 is 0 Å². The Balaban J connectivity index is 2.02. The van der Waals surface area contributed by atoms with E-state index in [1.54, 1.807) is 13.3 Å². The van der Waals surface area contributed by atoms with E-state index < -0.39 is 0 Å². The van der Waals surface area contributed by atoms with E-state index in [9.17, 15) is 0 Å². The predicted octanol–water partition coefficient (Wildman–Crippen LogP) is 2.14. The van der Waals surface area contributed by atoms with Crippen molar-refractivity contribution in [2.24, 2.45) is 5.16 Å². The molecule has 0 saturated carbocycles. The van der Waals surface area contributed by atoms with Crippen LogP contribution in [0.15, 0.2) is 41.7 Å². The first-order valence-corrected chi connectivity index (χ1v) is 6.54. The van der Waals surface area contributed by atoms with Crippen molar-refractivity contribution in [3.63, 3.8) is 0 Å². The van der Waals surface area contributed by atoms with Gasteiger partial charge >= 0.3 is 0 Å². The van der Waals surface area contributed by atoms with E-state index in [-0.39, 0.29) is 0 Å². The predicted molar refractivity (Wildman–Crippen MR) is 77.5 cm³/mol. The Hall–Kier alpha value is -2.43. The molecule has 102 valence electrons. The lowest BCUT2D eigenvalue weighted by Gasteiger charge is -2.24. The maximum Gasteiger partial charge on any atom is 0.220 e. The highest BCUT2D eigenvalue weighted by Gasteiger charge is 2.27. The first-order valence-electron chi connectivity index (χ1n) is 6.54. The molecule has 1 aromatic heterocycles. The van der Waals surface area contributed by atoms with Crippen molar-refractivity contribution in [1.29, 1.82) is 0 Å². The zero-order chi connectivity index (χ0) is 13.9. The number of oxime groups is 1. The standard InChI is InChI=1S/C15H16N4O/c1-20-19-14-8-11(10-5-3-2-4-6-10)7-13-12(14)9-17-15(16)18-13/h2-6,9,11H,7-8H2,1H3,(H2,16,17,18). The molecule has 2 N–H and O–H groups in total. The number of aromatic nitrogens is 2. The highest BCUT2D eigenvalue weighted by molar-refractivity contribution is 6.02. The fraction of sp³-hybridized carbons (Fsp3) is 0.267. The summed E-state index contributed by atoms with van der Waals surface area (Å²) in [6, 6.07) is 10.4. The van der Waals surface area contributed by atoms with E-state index in [4.69, 9.17) is 10.6 Å². The topological polar surface area (TPSA) is 73.4 Å². The first-order chi connectivity index (χ1) is 9.78. The molecule has 0 fully saturated rings. The van der Waals surface area contributed by atoms with E-state index in [1.165, 1.54) is 5.56 Å². The zero-order valence-electron chi connectivity index (χ0n) is 11.3. The minimum absolute atomic E-state index is 0.300. The van der Waals surface area contributed by atoms with Gasteiger partial charge in [0.2, 0.25) is 5.95 Å². The normalized spacial score (nSPS) is 19.6. The average molecular weight is 268 g/mol. The maximum atomic E-state index is 5.69. The lowest BCUT2D eigenvalue weighted by atomic mass is 9.82. The molecule has 1 unspecified atom stereocenters. The number of nitrogens with two attached hydrogens (primary N) is 1. The van der Waals surface area contributed by atoms with Crippen LogP contribution >= 0.6 is 0 Å². The largest absolute Gasteiger partial charge is 0.399 e. The Labute approximate surface area is 117 Å². The molecule has 0 amide bonds. The smallest absolute Gasteiger partial charge is 0.220 e. The number of hydrogen-bond donors (Lipinski definition) is 1. The molecule has 1 aliphatic rings. The van der Waals surface area contributed by atoms with Crippen molar-refractivity contribution < 1.29 is 4.84 Å². The summed E-state index contributed by atoms with van der Waals surface area (Å²) in [5.74, 6) is 0.640. The van der Waals surface area contributed by atoms with Crippen LogP contribution < -0.4 is 5.73 Å². The van der Waals surface area contributed by atoms with Gasteiger partial charge in [-0.3, -0.25) is 0 Å². The van der Waals surface area contributed by atoms with Crippen LogP contribution in [0.5, 0.6) is 0 Å². The van der Waals surface area contributed by atoms with Gasteiger partial charge in [-0.25, -0.2) is 9.97 Å². The van der Waals surface area contributed by atoms with Crippen LogP contribution in [0.4, 0.5) is 5.95 Å². The molecule has 1 atom stereocenters. The molecule has 0 saturated heterocycles. The van der Waals surface area contributed by atoms with Crippen LogP contribution in [0.3, 0.4) is 0 Å². The molecule has 0 spiro atoms. The van der Waals surface area contributed by atoms with Crippen molar-refractivity contribution in [2.45, 2.75) is 18.8 Å². The summed E-state index contributed by atoms with van der Waals surface area (Å²) in [6.45, 7) is 0. The number of fused-ring (bicyclic) bond motifs is 1. The molecule has 3 rings (SSSR count). The average Bonchev–Trinajstić information content (AvgIpc) is 2.48. The second kappa shape index (κ2) is 5.28. The number of anilines is 1. The van der Waals surface area contributed by atoms with Gasteiger partial charge in [-0.05, 0) is 17.9 Å². The monoisotopic (exact) mass is 268 g/mol. The molecular weight excluding hydrogens is 252 g/mol. The van der Waals surface area contributed by atoms with Gasteiger partial charge < -0.3 is 10.6 Å². The minimum Gasteiger partial charge on any atom is -0.399 e. The zero-order valence-corrected chi connectivity index (χ0v) is 11.3. The number of nitrogen functional groups attached to an aromatic ring is 1. The summed E-state index contributed by atoms with van der Waals surface area (Å²) in [5.41, 5.74) is 9.72. The summed E-state index contributed by atoms with van der Waals surface area (Å²) < 4.78 is 0. The Morgan fingerprint density at radius 2 is 2.05 bits per heavy atom. The van der Waals surface area contributed by atoms with Crippen LogP contribution in [0, 0.1) is 0 Å². The number of benzene rings is 1. The second-order valence-corrected chi connectivity index (χ2v) is 4.82. The van der Waals surface area contributed by atoms with Crippen LogP contribution in [0.25, 0.3) is 0 Å². The summed E-state index contributed by atoms with van der Waals surface area (Å²) >= 11 is 0. The van der Waals surface area contributed by atoms with Crippen LogP contribution in [-0.4, -0.2) is 22.8 Å². The molecule has 0 aliphatic heterocycles. The molecule has 1 aliphatic carbocycles. The van der Waals surface area contributed by atoms with Crippen molar-refractivity contribution in [1.82, 2.24) is 9.97 Å². The number of rotatable bonds is 2. The number of nitrogens with zero attached hydrogens (tertiary/aromatic N) is 3. The van der Waals surface area contributed by atoms with Gasteiger partial charge in [0.25, 0.3) is 0 Å². The molecule has 20 heavy (non-hydrogen) atoms. The Morgan fingerprint density at radius 1 is 1.25 bits per heavy atom. The third-order valence-corrected chi connectivity index (χ3v) is 3.55. The van der Waals surface area contributed by atoms with Crippen LogP contribution in [-0.2, 0) is 11.3 Å². The van der Waals surface area contributed by atoms with Crippen LogP contribution in [0.1, 0.15) is 29.2 Å². The molecule has 1 heterocycles. The molecule has 0 bridgehead atoms. The van der Waals surface area contributed by atoms with Gasteiger partial charge in [-0.15, -0.1) is 0 Å². The first kappa shape index (κ1) is 12.6. The maximum absolute atomic E-state index is 5.69. The molecule has 1 aromatic carbocycles. The van der Waals surface area contributed by atoms with Gasteiger partial charge in [0.15, 0.2) is 0 Å². The Morgan fingerprint density at radius 3 is 2.80 bits per heavy atom. The summed E-state index contributed by atoms with van der Waals surface area (Å²) in [5, 5.41) is 4.13. The third-order valence-electron chi connectivity index (χ3n) is 3.55. The van der Waals surface area contributed by atoms with E-state index in [2.05, 4.69) is 27.3 Å². The van der Waals surface area contributed by atoms with Gasteiger partial charge in [0.1, 0.15) is 7.11 Å². The summed E-state index contributed by atoms with van der Waals surface area (Å²) in [4.78, 5) is 13.4. The van der Waals surface area contributed by atoms with Gasteiger partial charge in [0, 0.05) is 18.2 Å². The minimum atomic E-state index is 0.300. The SMILES string of the molecule is CON=C1CC(c2ccccc2)Cc2nc(N)ncc21. The molecule has 0 radical (unpaired) electrons. The highest BCUT2D eigenvalue weighted by Crippen LogP contribution is 2.32. The van der Waals surface area contributed by atoms with Crippen molar-refractivity contribution >= 4 is 11.7 Å². The summed E-state index contributed by atoms with van der Waals surface area (Å²) in [6.07, 6.45) is 3.39. The third kappa shape index (κ3) is 2.34. The van der Waals surface area contributed by atoms with E-state index in [0.29, 0.717) is 11.9 Å². The van der Waals surface area contributed by atoms with Crippen molar-refractivity contribution in [3.8, 4) is 0 Å². The second-order valence-electron chi connectivity index (χ2n) is 4.82. The molecular formula is C15H16N4O. The number of hydrogen-bond acceptors (Lipinski definition) is 5. The molecule has 5 heteroatoms. The lowest BCUT2D eigenvalue weighted by molar-refractivity contribution is 0.212. The van der Waals surface area contributed by atoms with Gasteiger partial charge in [-0.2, -0.15) is 0 Å². The quantitative estimate of drug-likeness (QED) is 0.847. The van der Waals surface area contributed by atoms with E-state index in [1.807, 2.05) is 18.2 Å². The van der Waals surface area contributed by atoms with Crippen LogP contribution in [0.2, 0.25) is 0 Å². The molecule has 5 nitrogen and oxygen atoms in total. The summed E-state index contributed by atoms with van der Waals surface area (Å²) in [7, 11) is 1.55. The van der Waals surface area contributed by atoms with Gasteiger partial charge in [0.05, 0.1) is 11.4 Å². The lowest BCUT2D eigenvalue weighted by Crippen LogP contribution is -2.22. The Bertz CT molecular complexity index is 640. The fourth-order valence-electron chi connectivity index (χ4n) is 2.64. The van der Waals surface area contributed by atoms with Gasteiger partial charge in [-0.1, -0.05) is 35.5 Å². The molecule has 2 aromatic rings. The van der Waals surface area contributed by atoms with Crippen molar-refractivity contribution in [2.75, 3.05) is 12.8 Å². The van der Waals surface area contributed by atoms with Crippen molar-refractivity contribution in [3.05, 3.63) is 53.3 Å². The highest BCUT2D eigenvalue weighted by atomic mass is 16.6. The Kier molecular flexibility index (Phi) is 3.33.